The van der Waals surface area contributed by atoms with Gasteiger partial charge in [0.15, 0.2) is 0 Å². The molecule has 0 saturated carbocycles. The summed E-state index contributed by atoms with van der Waals surface area (Å²) in [4.78, 5) is 0. The Bertz CT molecular complexity index is 522. The van der Waals surface area contributed by atoms with Gasteiger partial charge in [0.1, 0.15) is 0 Å². The van der Waals surface area contributed by atoms with E-state index in [0.29, 0.717) is 6.54 Å². The van der Waals surface area contributed by atoms with Crippen molar-refractivity contribution in [2.24, 2.45) is 0 Å². The summed E-state index contributed by atoms with van der Waals surface area (Å²) in [5, 5.41) is 13.2. The molecule has 2 aromatic carbocycles. The van der Waals surface area contributed by atoms with Gasteiger partial charge in [0, 0.05) is 17.6 Å². The summed E-state index contributed by atoms with van der Waals surface area (Å²) in [5.74, 6) is 0. The molecule has 0 aromatic heterocycles. The first-order valence-electron chi connectivity index (χ1n) is 6.84. The first-order valence-corrected chi connectivity index (χ1v) is 7.22. The molecule has 2 rings (SSSR count). The summed E-state index contributed by atoms with van der Waals surface area (Å²) < 4.78 is 0. The van der Waals surface area contributed by atoms with E-state index in [4.69, 9.17) is 16.7 Å². The molecule has 0 aliphatic rings. The van der Waals surface area contributed by atoms with E-state index in [1.807, 2.05) is 24.3 Å². The molecule has 0 bridgehead atoms. The molecule has 1 atom stereocenters. The Morgan fingerprint density at radius 3 is 2.30 bits per heavy atom. The van der Waals surface area contributed by atoms with Crippen LogP contribution in [-0.4, -0.2) is 18.3 Å². The number of hydrogen-bond acceptors (Lipinski definition) is 2. The van der Waals surface area contributed by atoms with Crippen molar-refractivity contribution >= 4 is 11.6 Å². The van der Waals surface area contributed by atoms with Gasteiger partial charge < -0.3 is 10.4 Å². The van der Waals surface area contributed by atoms with E-state index in [0.717, 1.165) is 11.4 Å². The van der Waals surface area contributed by atoms with E-state index in [9.17, 15) is 0 Å². The molecule has 2 N–H and O–H groups in total. The summed E-state index contributed by atoms with van der Waals surface area (Å²) in [6, 6.07) is 16.6. The lowest BCUT2D eigenvalue weighted by Crippen LogP contribution is -2.26. The largest absolute Gasteiger partial charge is 0.395 e. The van der Waals surface area contributed by atoms with Crippen molar-refractivity contribution in [1.29, 1.82) is 0 Å². The van der Waals surface area contributed by atoms with Gasteiger partial charge in [0.2, 0.25) is 0 Å². The van der Waals surface area contributed by atoms with E-state index < -0.39 is 0 Å². The minimum absolute atomic E-state index is 0.142. The molecule has 3 heteroatoms. The second-order valence-electron chi connectivity index (χ2n) is 4.97. The minimum atomic E-state index is 0.142. The Hall–Kier alpha value is -1.35. The monoisotopic (exact) mass is 289 g/mol. The highest BCUT2D eigenvalue weighted by atomic mass is 35.5. The summed E-state index contributed by atoms with van der Waals surface area (Å²) in [6.07, 6.45) is 0.875. The number of rotatable bonds is 6. The van der Waals surface area contributed by atoms with E-state index >= 15 is 0 Å². The zero-order valence-electron chi connectivity index (χ0n) is 11.6. The lowest BCUT2D eigenvalue weighted by Gasteiger charge is -2.19. The standard InChI is InChI=1S/C17H20ClNO/c1-13-2-6-15(7-3-13)17(19-10-11-20)12-14-4-8-16(18)9-5-14/h2-9,17,19-20H,10-12H2,1H3. The Balaban J connectivity index is 2.14. The number of aliphatic hydroxyl groups excluding tert-OH is 1. The second-order valence-corrected chi connectivity index (χ2v) is 5.41. The maximum Gasteiger partial charge on any atom is 0.0556 e. The summed E-state index contributed by atoms with van der Waals surface area (Å²) in [7, 11) is 0. The maximum atomic E-state index is 9.03. The molecule has 0 aliphatic heterocycles. The average Bonchev–Trinajstić information content (AvgIpc) is 2.46. The van der Waals surface area contributed by atoms with E-state index in [1.165, 1.54) is 16.7 Å². The first kappa shape index (κ1) is 15.0. The fraction of sp³-hybridized carbons (Fsp3) is 0.294. The number of halogens is 1. The number of hydrogen-bond donors (Lipinski definition) is 2. The average molecular weight is 290 g/mol. The van der Waals surface area contributed by atoms with E-state index in [1.54, 1.807) is 0 Å². The Labute approximate surface area is 125 Å². The highest BCUT2D eigenvalue weighted by Crippen LogP contribution is 2.20. The van der Waals surface area contributed by atoms with Gasteiger partial charge in [-0.25, -0.2) is 0 Å². The van der Waals surface area contributed by atoms with E-state index in [2.05, 4.69) is 36.5 Å². The molecule has 20 heavy (non-hydrogen) atoms. The molecule has 0 amide bonds. The van der Waals surface area contributed by atoms with E-state index in [-0.39, 0.29) is 12.6 Å². The Kier molecular flexibility index (Phi) is 5.60. The van der Waals surface area contributed by atoms with Gasteiger partial charge in [0.25, 0.3) is 0 Å². The molecule has 1 unspecified atom stereocenters. The van der Waals surface area contributed by atoms with Crippen molar-refractivity contribution in [3.05, 3.63) is 70.2 Å². The lowest BCUT2D eigenvalue weighted by molar-refractivity contribution is 0.284. The van der Waals surface area contributed by atoms with Crippen LogP contribution >= 0.6 is 11.6 Å². The predicted molar refractivity (Wildman–Crippen MR) is 84.2 cm³/mol. The van der Waals surface area contributed by atoms with Crippen LogP contribution in [0.3, 0.4) is 0 Å². The van der Waals surface area contributed by atoms with Gasteiger partial charge in [0.05, 0.1) is 6.61 Å². The SMILES string of the molecule is Cc1ccc(C(Cc2ccc(Cl)cc2)NCCO)cc1. The smallest absolute Gasteiger partial charge is 0.0556 e. The molecule has 0 spiro atoms. The quantitative estimate of drug-likeness (QED) is 0.853. The molecule has 0 saturated heterocycles. The molecule has 0 aliphatic carbocycles. The van der Waals surface area contributed by atoms with Crippen LogP contribution in [0.25, 0.3) is 0 Å². The van der Waals surface area contributed by atoms with Crippen molar-refractivity contribution in [2.75, 3.05) is 13.2 Å². The molecule has 0 fully saturated rings. The minimum Gasteiger partial charge on any atom is -0.395 e. The molecular weight excluding hydrogens is 270 g/mol. The second kappa shape index (κ2) is 7.44. The molecular formula is C17H20ClNO. The van der Waals surface area contributed by atoms with Crippen LogP contribution in [0.4, 0.5) is 0 Å². The predicted octanol–water partition coefficient (Wildman–Crippen LogP) is 3.51. The summed E-state index contributed by atoms with van der Waals surface area (Å²) in [6.45, 7) is 2.81. The van der Waals surface area contributed by atoms with Gasteiger partial charge in [-0.3, -0.25) is 0 Å². The third kappa shape index (κ3) is 4.34. The topological polar surface area (TPSA) is 32.3 Å². The van der Waals surface area contributed by atoms with Crippen molar-refractivity contribution in [1.82, 2.24) is 5.32 Å². The fourth-order valence-electron chi connectivity index (χ4n) is 2.20. The van der Waals surface area contributed by atoms with Gasteiger partial charge >= 0.3 is 0 Å². The van der Waals surface area contributed by atoms with Crippen LogP contribution in [0.5, 0.6) is 0 Å². The van der Waals surface area contributed by atoms with Gasteiger partial charge in [-0.05, 0) is 36.6 Å². The highest BCUT2D eigenvalue weighted by Gasteiger charge is 2.11. The van der Waals surface area contributed by atoms with Crippen molar-refractivity contribution in [2.45, 2.75) is 19.4 Å². The van der Waals surface area contributed by atoms with Crippen LogP contribution in [0.15, 0.2) is 48.5 Å². The normalized spacial score (nSPS) is 12.3. The first-order chi connectivity index (χ1) is 9.69. The van der Waals surface area contributed by atoms with Crippen LogP contribution in [0.2, 0.25) is 5.02 Å². The third-order valence-corrected chi connectivity index (χ3v) is 3.59. The summed E-state index contributed by atoms with van der Waals surface area (Å²) in [5.41, 5.74) is 3.71. The number of aliphatic hydroxyl groups is 1. The molecule has 2 nitrogen and oxygen atoms in total. The summed E-state index contributed by atoms with van der Waals surface area (Å²) >= 11 is 5.92. The number of benzene rings is 2. The third-order valence-electron chi connectivity index (χ3n) is 3.34. The number of nitrogens with one attached hydrogen (secondary N) is 1. The lowest BCUT2D eigenvalue weighted by atomic mass is 9.98. The van der Waals surface area contributed by atoms with Crippen LogP contribution in [0, 0.1) is 6.92 Å². The van der Waals surface area contributed by atoms with Crippen molar-refractivity contribution in [3.63, 3.8) is 0 Å². The van der Waals surface area contributed by atoms with Crippen LogP contribution in [-0.2, 0) is 6.42 Å². The molecule has 0 radical (unpaired) electrons. The van der Waals surface area contributed by atoms with Crippen LogP contribution in [0.1, 0.15) is 22.7 Å². The van der Waals surface area contributed by atoms with Crippen molar-refractivity contribution in [3.8, 4) is 0 Å². The Morgan fingerprint density at radius 2 is 1.70 bits per heavy atom. The van der Waals surface area contributed by atoms with Gasteiger partial charge in [-0.2, -0.15) is 0 Å². The molecule has 0 heterocycles. The van der Waals surface area contributed by atoms with Crippen molar-refractivity contribution < 1.29 is 5.11 Å². The van der Waals surface area contributed by atoms with Crippen LogP contribution < -0.4 is 5.32 Å². The zero-order chi connectivity index (χ0) is 14.4. The number of aryl methyl sites for hydroxylation is 1. The zero-order valence-corrected chi connectivity index (χ0v) is 12.4. The maximum absolute atomic E-state index is 9.03. The Morgan fingerprint density at radius 1 is 1.05 bits per heavy atom. The molecule has 2 aromatic rings. The van der Waals surface area contributed by atoms with Gasteiger partial charge in [-0.1, -0.05) is 53.6 Å². The van der Waals surface area contributed by atoms with Gasteiger partial charge in [-0.15, -0.1) is 0 Å². The molecule has 106 valence electrons. The fourth-order valence-corrected chi connectivity index (χ4v) is 2.33. The highest BCUT2D eigenvalue weighted by molar-refractivity contribution is 6.30.